The first-order valence-electron chi connectivity index (χ1n) is 4.74. The summed E-state index contributed by atoms with van der Waals surface area (Å²) < 4.78 is 29.8. The Morgan fingerprint density at radius 2 is 2.29 bits per heavy atom. The zero-order chi connectivity index (χ0) is 13.0. The Morgan fingerprint density at radius 3 is 2.76 bits per heavy atom. The molecular weight excluding hydrogens is 319 g/mol. The average molecular weight is 329 g/mol. The lowest BCUT2D eigenvalue weighted by molar-refractivity contribution is -0.142. The van der Waals surface area contributed by atoms with Gasteiger partial charge in [-0.1, -0.05) is 11.6 Å². The monoisotopic (exact) mass is 327 g/mol. The molecule has 0 fully saturated rings. The second-order valence-electron chi connectivity index (χ2n) is 3.08. The highest BCUT2D eigenvalue weighted by Crippen LogP contribution is 2.33. The number of carbonyl (C=O) groups excluding carboxylic acids is 1. The molecule has 0 unspecified atom stereocenters. The lowest BCUT2D eigenvalue weighted by atomic mass is 10.2. The van der Waals surface area contributed by atoms with Gasteiger partial charge in [-0.3, -0.25) is 4.79 Å². The SMILES string of the molecule is CCOC(=O)Cc1cc(Cl)c(C(F)F)c(Br)n1. The predicted molar refractivity (Wildman–Crippen MR) is 62.2 cm³/mol. The number of hydrogen-bond donors (Lipinski definition) is 0. The molecule has 1 heterocycles. The molecule has 0 aromatic carbocycles. The average Bonchev–Trinajstić information content (AvgIpc) is 2.15. The second kappa shape index (κ2) is 6.26. The largest absolute Gasteiger partial charge is 0.466 e. The van der Waals surface area contributed by atoms with E-state index in [0.29, 0.717) is 0 Å². The number of pyridine rings is 1. The summed E-state index contributed by atoms with van der Waals surface area (Å²) >= 11 is 8.59. The molecule has 1 aromatic heterocycles. The maximum Gasteiger partial charge on any atom is 0.311 e. The van der Waals surface area contributed by atoms with E-state index in [9.17, 15) is 13.6 Å². The molecule has 0 bridgehead atoms. The van der Waals surface area contributed by atoms with Crippen molar-refractivity contribution in [3.63, 3.8) is 0 Å². The minimum absolute atomic E-state index is 0.0562. The molecule has 17 heavy (non-hydrogen) atoms. The summed E-state index contributed by atoms with van der Waals surface area (Å²) in [5, 5.41) is -0.124. The normalized spacial score (nSPS) is 10.7. The first-order valence-corrected chi connectivity index (χ1v) is 5.91. The number of nitrogens with zero attached hydrogens (tertiary/aromatic N) is 1. The summed E-state index contributed by atoms with van der Waals surface area (Å²) in [6.45, 7) is 1.93. The highest BCUT2D eigenvalue weighted by atomic mass is 79.9. The Bertz CT molecular complexity index is 406. The maximum atomic E-state index is 12.6. The van der Waals surface area contributed by atoms with E-state index in [2.05, 4.69) is 20.9 Å². The standard InChI is InChI=1S/C10H9BrClF2NO2/c1-2-17-7(16)4-5-3-6(12)8(10(13)14)9(11)15-5/h3,10H,2,4H2,1H3. The van der Waals surface area contributed by atoms with Gasteiger partial charge in [0, 0.05) is 0 Å². The van der Waals surface area contributed by atoms with E-state index in [-0.39, 0.29) is 33.9 Å². The predicted octanol–water partition coefficient (Wildman–Crippen LogP) is 3.54. The number of rotatable bonds is 4. The van der Waals surface area contributed by atoms with Crippen molar-refractivity contribution >= 4 is 33.5 Å². The number of esters is 1. The van der Waals surface area contributed by atoms with Gasteiger partial charge >= 0.3 is 5.97 Å². The molecule has 7 heteroatoms. The topological polar surface area (TPSA) is 39.2 Å². The summed E-state index contributed by atoms with van der Waals surface area (Å²) in [7, 11) is 0. The van der Waals surface area contributed by atoms with Crippen molar-refractivity contribution in [1.29, 1.82) is 0 Å². The van der Waals surface area contributed by atoms with Crippen molar-refractivity contribution in [2.75, 3.05) is 6.61 Å². The maximum absolute atomic E-state index is 12.6. The number of hydrogen-bond acceptors (Lipinski definition) is 3. The number of carbonyl (C=O) groups is 1. The van der Waals surface area contributed by atoms with Gasteiger partial charge in [0.2, 0.25) is 0 Å². The van der Waals surface area contributed by atoms with Crippen molar-refractivity contribution in [1.82, 2.24) is 4.98 Å². The van der Waals surface area contributed by atoms with Crippen LogP contribution in [0.15, 0.2) is 10.7 Å². The molecule has 0 saturated heterocycles. The molecule has 0 spiro atoms. The molecule has 0 amide bonds. The van der Waals surface area contributed by atoms with Gasteiger partial charge in [-0.25, -0.2) is 13.8 Å². The first kappa shape index (κ1) is 14.3. The van der Waals surface area contributed by atoms with E-state index in [1.807, 2.05) is 0 Å². The lowest BCUT2D eigenvalue weighted by Crippen LogP contribution is -2.09. The van der Waals surface area contributed by atoms with Gasteiger partial charge < -0.3 is 4.74 Å². The fraction of sp³-hybridized carbons (Fsp3) is 0.400. The van der Waals surface area contributed by atoms with Gasteiger partial charge in [-0.15, -0.1) is 0 Å². The summed E-state index contributed by atoms with van der Waals surface area (Å²) in [5.41, 5.74) is -0.0935. The Labute approximate surface area is 110 Å². The summed E-state index contributed by atoms with van der Waals surface area (Å²) in [6, 6.07) is 1.24. The number of halogens is 4. The fourth-order valence-corrected chi connectivity index (χ4v) is 2.21. The lowest BCUT2D eigenvalue weighted by Gasteiger charge is -2.08. The zero-order valence-electron chi connectivity index (χ0n) is 8.84. The first-order chi connectivity index (χ1) is 7.95. The van der Waals surface area contributed by atoms with E-state index < -0.39 is 12.4 Å². The van der Waals surface area contributed by atoms with Crippen LogP contribution in [0, 0.1) is 0 Å². The molecule has 0 saturated carbocycles. The third-order valence-corrected chi connectivity index (χ3v) is 2.78. The quantitative estimate of drug-likeness (QED) is 0.627. The van der Waals surface area contributed by atoms with Crippen LogP contribution >= 0.6 is 27.5 Å². The van der Waals surface area contributed by atoms with Gasteiger partial charge in [-0.2, -0.15) is 0 Å². The van der Waals surface area contributed by atoms with E-state index in [0.717, 1.165) is 0 Å². The van der Waals surface area contributed by atoms with Crippen LogP contribution in [0.2, 0.25) is 5.02 Å². The number of aromatic nitrogens is 1. The number of ether oxygens (including phenoxy) is 1. The molecule has 0 atom stereocenters. The Balaban J connectivity index is 2.94. The second-order valence-corrected chi connectivity index (χ2v) is 4.24. The van der Waals surface area contributed by atoms with Crippen LogP contribution in [-0.2, 0) is 16.0 Å². The molecule has 1 rings (SSSR count). The van der Waals surface area contributed by atoms with Crippen molar-refractivity contribution in [2.45, 2.75) is 19.8 Å². The molecule has 0 radical (unpaired) electrons. The Kier molecular flexibility index (Phi) is 5.27. The van der Waals surface area contributed by atoms with Gasteiger partial charge in [0.05, 0.1) is 29.3 Å². The molecule has 1 aromatic rings. The fourth-order valence-electron chi connectivity index (χ4n) is 1.19. The van der Waals surface area contributed by atoms with Crippen LogP contribution < -0.4 is 0 Å². The van der Waals surface area contributed by atoms with Crippen LogP contribution in [0.1, 0.15) is 24.6 Å². The van der Waals surface area contributed by atoms with Gasteiger partial charge in [0.1, 0.15) is 4.60 Å². The van der Waals surface area contributed by atoms with Crippen LogP contribution in [-0.4, -0.2) is 17.6 Å². The zero-order valence-corrected chi connectivity index (χ0v) is 11.2. The highest BCUT2D eigenvalue weighted by Gasteiger charge is 2.19. The minimum atomic E-state index is -2.72. The third kappa shape index (κ3) is 3.89. The van der Waals surface area contributed by atoms with Crippen molar-refractivity contribution in [3.05, 3.63) is 26.9 Å². The molecule has 0 aliphatic rings. The van der Waals surface area contributed by atoms with E-state index >= 15 is 0 Å². The van der Waals surface area contributed by atoms with Crippen LogP contribution in [0.3, 0.4) is 0 Å². The van der Waals surface area contributed by atoms with E-state index in [1.165, 1.54) is 6.07 Å². The van der Waals surface area contributed by atoms with Crippen LogP contribution in [0.5, 0.6) is 0 Å². The van der Waals surface area contributed by atoms with Crippen molar-refractivity contribution < 1.29 is 18.3 Å². The molecule has 0 N–H and O–H groups in total. The van der Waals surface area contributed by atoms with Crippen LogP contribution in [0.4, 0.5) is 8.78 Å². The van der Waals surface area contributed by atoms with E-state index in [1.54, 1.807) is 6.92 Å². The van der Waals surface area contributed by atoms with Gasteiger partial charge in [0.25, 0.3) is 6.43 Å². The van der Waals surface area contributed by atoms with Crippen molar-refractivity contribution in [2.24, 2.45) is 0 Å². The van der Waals surface area contributed by atoms with Crippen molar-refractivity contribution in [3.8, 4) is 0 Å². The van der Waals surface area contributed by atoms with Crippen LogP contribution in [0.25, 0.3) is 0 Å². The highest BCUT2D eigenvalue weighted by molar-refractivity contribution is 9.10. The molecule has 0 aliphatic carbocycles. The van der Waals surface area contributed by atoms with Gasteiger partial charge in [-0.05, 0) is 28.9 Å². The molecule has 3 nitrogen and oxygen atoms in total. The minimum Gasteiger partial charge on any atom is -0.466 e. The summed E-state index contributed by atoms with van der Waals surface area (Å²) in [4.78, 5) is 15.0. The summed E-state index contributed by atoms with van der Waals surface area (Å²) in [5.74, 6) is -0.479. The van der Waals surface area contributed by atoms with Gasteiger partial charge in [0.15, 0.2) is 0 Å². The smallest absolute Gasteiger partial charge is 0.311 e. The Hall–Kier alpha value is -0.750. The molecular formula is C10H9BrClF2NO2. The third-order valence-electron chi connectivity index (χ3n) is 1.86. The molecule has 0 aliphatic heterocycles. The Morgan fingerprint density at radius 1 is 1.65 bits per heavy atom. The summed E-state index contributed by atoms with van der Waals surface area (Å²) in [6.07, 6.45) is -2.82. The molecule has 94 valence electrons. The number of alkyl halides is 2. The van der Waals surface area contributed by atoms with E-state index in [4.69, 9.17) is 16.3 Å².